The van der Waals surface area contributed by atoms with Crippen molar-refractivity contribution in [2.24, 2.45) is 19.8 Å². The van der Waals surface area contributed by atoms with Crippen molar-refractivity contribution in [1.29, 1.82) is 5.41 Å². The van der Waals surface area contributed by atoms with Crippen LogP contribution >= 0.6 is 0 Å². The summed E-state index contributed by atoms with van der Waals surface area (Å²) >= 11 is 0. The summed E-state index contributed by atoms with van der Waals surface area (Å²) in [6, 6.07) is 0. The monoisotopic (exact) mass is 256 g/mol. The molecule has 0 bridgehead atoms. The van der Waals surface area contributed by atoms with Gasteiger partial charge in [0.25, 0.3) is 0 Å². The molecule has 0 aliphatic rings. The van der Waals surface area contributed by atoms with Gasteiger partial charge in [0.15, 0.2) is 5.82 Å². The average Bonchev–Trinajstić information content (AvgIpc) is 2.95. The molecule has 2 aromatic heterocycles. The molecule has 0 saturated carbocycles. The first-order chi connectivity index (χ1) is 9.08. The first-order valence-electron chi connectivity index (χ1n) is 5.77. The Labute approximate surface area is 111 Å². The minimum absolute atomic E-state index is 0.273. The molecule has 6 heteroatoms. The maximum Gasteiger partial charge on any atom is 0.157 e. The van der Waals surface area contributed by atoms with Gasteiger partial charge < -0.3 is 14.9 Å². The third kappa shape index (κ3) is 2.98. The number of allylic oxidation sites excluding steroid dienone is 2. The number of rotatable bonds is 4. The van der Waals surface area contributed by atoms with E-state index in [1.807, 2.05) is 24.9 Å². The second-order valence-corrected chi connectivity index (χ2v) is 4.15. The molecular formula is C13H16N6. The number of nitrogens with zero attached hydrogens (tertiary/aromatic N) is 4. The molecule has 3 N–H and O–H groups in total. The van der Waals surface area contributed by atoms with Crippen molar-refractivity contribution in [3.8, 4) is 0 Å². The number of imidazole rings is 2. The lowest BCUT2D eigenvalue weighted by Gasteiger charge is -2.00. The van der Waals surface area contributed by atoms with Crippen LogP contribution in [0, 0.1) is 5.41 Å². The van der Waals surface area contributed by atoms with Crippen LogP contribution in [0.2, 0.25) is 0 Å². The summed E-state index contributed by atoms with van der Waals surface area (Å²) < 4.78 is 3.66. The summed E-state index contributed by atoms with van der Waals surface area (Å²) in [6.07, 6.45) is 12.1. The van der Waals surface area contributed by atoms with Crippen LogP contribution in [0.25, 0.3) is 6.08 Å². The molecule has 2 rings (SSSR count). The smallest absolute Gasteiger partial charge is 0.157 e. The minimum atomic E-state index is 0.273. The molecule has 19 heavy (non-hydrogen) atoms. The van der Waals surface area contributed by atoms with Crippen molar-refractivity contribution in [2.75, 3.05) is 0 Å². The van der Waals surface area contributed by atoms with Crippen molar-refractivity contribution >= 4 is 11.8 Å². The lowest BCUT2D eigenvalue weighted by Crippen LogP contribution is -2.07. The number of hydrogen-bond donors (Lipinski definition) is 2. The van der Waals surface area contributed by atoms with Gasteiger partial charge in [-0.05, 0) is 18.2 Å². The van der Waals surface area contributed by atoms with Gasteiger partial charge in [-0.3, -0.25) is 5.41 Å². The first kappa shape index (κ1) is 12.8. The van der Waals surface area contributed by atoms with E-state index in [-0.39, 0.29) is 5.71 Å². The van der Waals surface area contributed by atoms with Crippen LogP contribution in [-0.2, 0) is 14.1 Å². The Kier molecular flexibility index (Phi) is 3.61. The van der Waals surface area contributed by atoms with Crippen LogP contribution in [0.4, 0.5) is 0 Å². The molecule has 6 nitrogen and oxygen atoms in total. The minimum Gasteiger partial charge on any atom is -0.399 e. The molecule has 0 unspecified atom stereocenters. The van der Waals surface area contributed by atoms with Crippen molar-refractivity contribution in [3.05, 3.63) is 54.3 Å². The molecule has 0 radical (unpaired) electrons. The standard InChI is InChI=1S/C13H16N6/c1-18-7-5-16-12(18)4-3-10(14)9-11(15)13-17-6-8-19(13)2/h3-9,15H,14H2,1-2H3/b4-3?,10-9+,15-11?. The summed E-state index contributed by atoms with van der Waals surface area (Å²) in [7, 11) is 3.74. The molecule has 2 aromatic rings. The molecule has 2 heterocycles. The highest BCUT2D eigenvalue weighted by molar-refractivity contribution is 6.04. The molecule has 0 atom stereocenters. The van der Waals surface area contributed by atoms with Gasteiger partial charge in [0.2, 0.25) is 0 Å². The molecule has 0 aliphatic carbocycles. The topological polar surface area (TPSA) is 85.5 Å². The quantitative estimate of drug-likeness (QED) is 0.634. The van der Waals surface area contributed by atoms with E-state index in [0.29, 0.717) is 11.5 Å². The maximum atomic E-state index is 7.92. The fourth-order valence-electron chi connectivity index (χ4n) is 1.61. The lowest BCUT2D eigenvalue weighted by atomic mass is 10.2. The van der Waals surface area contributed by atoms with E-state index in [9.17, 15) is 0 Å². The largest absolute Gasteiger partial charge is 0.399 e. The molecule has 0 saturated heterocycles. The van der Waals surface area contributed by atoms with Crippen LogP contribution in [0.5, 0.6) is 0 Å². The molecule has 0 aromatic carbocycles. The fourth-order valence-corrected chi connectivity index (χ4v) is 1.61. The third-order valence-corrected chi connectivity index (χ3v) is 2.66. The normalized spacial score (nSPS) is 12.2. The lowest BCUT2D eigenvalue weighted by molar-refractivity contribution is 0.896. The van der Waals surface area contributed by atoms with Crippen LogP contribution < -0.4 is 5.73 Å². The van der Waals surface area contributed by atoms with Crippen molar-refractivity contribution < 1.29 is 0 Å². The highest BCUT2D eigenvalue weighted by Crippen LogP contribution is 2.02. The van der Waals surface area contributed by atoms with E-state index in [2.05, 4.69) is 9.97 Å². The van der Waals surface area contributed by atoms with E-state index in [1.165, 1.54) is 0 Å². The number of hydrogen-bond acceptors (Lipinski definition) is 4. The number of aromatic nitrogens is 4. The Bertz CT molecular complexity index is 644. The summed E-state index contributed by atoms with van der Waals surface area (Å²) in [5, 5.41) is 7.92. The van der Waals surface area contributed by atoms with Gasteiger partial charge in [-0.2, -0.15) is 0 Å². The van der Waals surface area contributed by atoms with E-state index < -0.39 is 0 Å². The van der Waals surface area contributed by atoms with Gasteiger partial charge >= 0.3 is 0 Å². The number of aryl methyl sites for hydroxylation is 2. The zero-order valence-electron chi connectivity index (χ0n) is 10.9. The van der Waals surface area contributed by atoms with E-state index in [0.717, 1.165) is 5.82 Å². The van der Waals surface area contributed by atoms with Gasteiger partial charge in [-0.15, -0.1) is 0 Å². The molecule has 0 fully saturated rings. The number of nitrogens with two attached hydrogens (primary N) is 1. The molecule has 0 amide bonds. The van der Waals surface area contributed by atoms with Crippen LogP contribution in [0.1, 0.15) is 11.6 Å². The zero-order chi connectivity index (χ0) is 13.8. The average molecular weight is 256 g/mol. The summed E-state index contributed by atoms with van der Waals surface area (Å²) in [5.74, 6) is 1.38. The maximum absolute atomic E-state index is 7.92. The van der Waals surface area contributed by atoms with Crippen molar-refractivity contribution in [3.63, 3.8) is 0 Å². The molecular weight excluding hydrogens is 240 g/mol. The van der Waals surface area contributed by atoms with Gasteiger partial charge in [0.1, 0.15) is 5.82 Å². The predicted molar refractivity (Wildman–Crippen MR) is 74.5 cm³/mol. The van der Waals surface area contributed by atoms with Crippen LogP contribution in [-0.4, -0.2) is 24.8 Å². The molecule has 0 spiro atoms. The van der Waals surface area contributed by atoms with Gasteiger partial charge in [0.05, 0.1) is 5.71 Å². The highest BCUT2D eigenvalue weighted by Gasteiger charge is 2.03. The summed E-state index contributed by atoms with van der Waals surface area (Å²) in [4.78, 5) is 8.24. The Morgan fingerprint density at radius 2 is 1.89 bits per heavy atom. The predicted octanol–water partition coefficient (Wildman–Crippen LogP) is 1.08. The van der Waals surface area contributed by atoms with Crippen molar-refractivity contribution in [1.82, 2.24) is 19.1 Å². The Morgan fingerprint density at radius 1 is 1.21 bits per heavy atom. The zero-order valence-corrected chi connectivity index (χ0v) is 10.9. The summed E-state index contributed by atoms with van der Waals surface area (Å²) in [6.45, 7) is 0. The van der Waals surface area contributed by atoms with Gasteiger partial charge in [-0.25, -0.2) is 9.97 Å². The Balaban J connectivity index is 2.12. The van der Waals surface area contributed by atoms with E-state index >= 15 is 0 Å². The van der Waals surface area contributed by atoms with Gasteiger partial charge in [-0.1, -0.05) is 0 Å². The second kappa shape index (κ2) is 5.34. The summed E-state index contributed by atoms with van der Waals surface area (Å²) in [5.41, 5.74) is 6.61. The SMILES string of the molecule is Cn1ccnc1C=C/C(N)=C\C(=N)c1nccn1C. The van der Waals surface area contributed by atoms with Crippen molar-refractivity contribution in [2.45, 2.75) is 0 Å². The second-order valence-electron chi connectivity index (χ2n) is 4.15. The Hall–Kier alpha value is -2.63. The number of nitrogens with one attached hydrogen (secondary N) is 1. The first-order valence-corrected chi connectivity index (χ1v) is 5.77. The van der Waals surface area contributed by atoms with Crippen LogP contribution in [0.3, 0.4) is 0 Å². The van der Waals surface area contributed by atoms with E-state index in [4.69, 9.17) is 11.1 Å². The third-order valence-electron chi connectivity index (χ3n) is 2.66. The molecule has 0 aliphatic heterocycles. The highest BCUT2D eigenvalue weighted by atomic mass is 15.0. The Morgan fingerprint density at radius 3 is 2.47 bits per heavy atom. The van der Waals surface area contributed by atoms with Gasteiger partial charge in [0, 0.05) is 44.6 Å². The fraction of sp³-hybridized carbons (Fsp3) is 0.154. The van der Waals surface area contributed by atoms with Crippen LogP contribution in [0.15, 0.2) is 42.6 Å². The molecule has 98 valence electrons. The van der Waals surface area contributed by atoms with E-state index in [1.54, 1.807) is 41.4 Å².